The van der Waals surface area contributed by atoms with Crippen molar-refractivity contribution in [1.82, 2.24) is 20.4 Å². The molecule has 3 atom stereocenters. The van der Waals surface area contributed by atoms with Crippen molar-refractivity contribution in [2.24, 2.45) is 7.05 Å². The minimum absolute atomic E-state index is 0.00738. The van der Waals surface area contributed by atoms with Crippen molar-refractivity contribution in [2.75, 3.05) is 0 Å². The minimum Gasteiger partial charge on any atom is -0.335 e. The number of hydrogen-bond donors (Lipinski definition) is 2. The molecular weight excluding hydrogens is 319 g/mol. The van der Waals surface area contributed by atoms with Gasteiger partial charge in [-0.3, -0.25) is 4.68 Å². The number of hydrogen-bond acceptors (Lipinski definition) is 2. The molecule has 0 radical (unpaired) electrons. The fraction of sp³-hybridized carbons (Fsp3) is 0.474. The van der Waals surface area contributed by atoms with Crippen LogP contribution in [-0.4, -0.2) is 27.9 Å². The van der Waals surface area contributed by atoms with Crippen molar-refractivity contribution in [3.05, 3.63) is 52.6 Å². The number of urea groups is 1. The van der Waals surface area contributed by atoms with Crippen molar-refractivity contribution in [3.63, 3.8) is 0 Å². The minimum atomic E-state index is -0.233. The van der Waals surface area contributed by atoms with Crippen LogP contribution < -0.4 is 10.6 Å². The quantitative estimate of drug-likeness (QED) is 0.876. The number of rotatable bonds is 5. The van der Waals surface area contributed by atoms with Crippen LogP contribution >= 0.6 is 0 Å². The lowest BCUT2D eigenvalue weighted by molar-refractivity contribution is 0.237. The molecule has 3 rings (SSSR count). The van der Waals surface area contributed by atoms with Gasteiger partial charge in [0.2, 0.25) is 0 Å². The summed E-state index contributed by atoms with van der Waals surface area (Å²) >= 11 is 0. The van der Waals surface area contributed by atoms with Gasteiger partial charge in [0.1, 0.15) is 5.82 Å². The molecule has 1 aliphatic rings. The highest BCUT2D eigenvalue weighted by Crippen LogP contribution is 2.40. The molecule has 1 aliphatic carbocycles. The topological polar surface area (TPSA) is 59.0 Å². The highest BCUT2D eigenvalue weighted by Gasteiger charge is 2.39. The zero-order chi connectivity index (χ0) is 18.1. The highest BCUT2D eigenvalue weighted by atomic mass is 19.1. The summed E-state index contributed by atoms with van der Waals surface area (Å²) in [5.74, 6) is -0.0250. The Balaban J connectivity index is 1.50. The van der Waals surface area contributed by atoms with E-state index in [1.54, 1.807) is 12.1 Å². The molecule has 0 bridgehead atoms. The van der Waals surface area contributed by atoms with Crippen molar-refractivity contribution < 1.29 is 9.18 Å². The standard InChI is InChI=1S/C19H25FN4O/c1-11(8-16-12(2)23-24(4)13(16)3)21-19(25)22-18-10-17(18)14-6-5-7-15(20)9-14/h5-7,9,11,17-18H,8,10H2,1-4H3,(H2,21,22,25)/t11?,17-,18+/m0/s1. The number of amides is 2. The Morgan fingerprint density at radius 2 is 2.20 bits per heavy atom. The van der Waals surface area contributed by atoms with Gasteiger partial charge in [-0.05, 0) is 56.9 Å². The first kappa shape index (κ1) is 17.5. The smallest absolute Gasteiger partial charge is 0.315 e. The van der Waals surface area contributed by atoms with Crippen LogP contribution in [0.4, 0.5) is 9.18 Å². The molecule has 1 saturated carbocycles. The summed E-state index contributed by atoms with van der Waals surface area (Å²) in [7, 11) is 1.93. The Hall–Kier alpha value is -2.37. The predicted octanol–water partition coefficient (Wildman–Crippen LogP) is 2.96. The molecule has 1 aromatic carbocycles. The molecule has 2 aromatic rings. The molecule has 2 N–H and O–H groups in total. The Labute approximate surface area is 147 Å². The molecule has 1 fully saturated rings. The average molecular weight is 344 g/mol. The number of halogens is 1. The van der Waals surface area contributed by atoms with E-state index in [0.29, 0.717) is 0 Å². The molecule has 6 heteroatoms. The lowest BCUT2D eigenvalue weighted by atomic mass is 10.1. The fourth-order valence-electron chi connectivity index (χ4n) is 3.36. The zero-order valence-corrected chi connectivity index (χ0v) is 15.1. The van der Waals surface area contributed by atoms with Gasteiger partial charge < -0.3 is 10.6 Å². The van der Waals surface area contributed by atoms with E-state index in [0.717, 1.165) is 29.8 Å². The molecule has 2 amide bonds. The van der Waals surface area contributed by atoms with Crippen molar-refractivity contribution >= 4 is 6.03 Å². The van der Waals surface area contributed by atoms with E-state index in [1.165, 1.54) is 11.6 Å². The Bertz CT molecular complexity index is 786. The third-order valence-corrected chi connectivity index (χ3v) is 4.93. The summed E-state index contributed by atoms with van der Waals surface area (Å²) in [4.78, 5) is 12.2. The van der Waals surface area contributed by atoms with Crippen molar-refractivity contribution in [3.8, 4) is 0 Å². The monoisotopic (exact) mass is 344 g/mol. The van der Waals surface area contributed by atoms with E-state index in [4.69, 9.17) is 0 Å². The molecule has 0 aliphatic heterocycles. The Morgan fingerprint density at radius 1 is 1.44 bits per heavy atom. The van der Waals surface area contributed by atoms with E-state index >= 15 is 0 Å². The third kappa shape index (κ3) is 4.00. The zero-order valence-electron chi connectivity index (χ0n) is 15.1. The highest BCUT2D eigenvalue weighted by molar-refractivity contribution is 5.75. The van der Waals surface area contributed by atoms with Gasteiger partial charge in [0.15, 0.2) is 0 Å². The van der Waals surface area contributed by atoms with Gasteiger partial charge in [-0.25, -0.2) is 9.18 Å². The summed E-state index contributed by atoms with van der Waals surface area (Å²) in [6.45, 7) is 6.02. The predicted molar refractivity (Wildman–Crippen MR) is 95.1 cm³/mol. The number of carbonyl (C=O) groups excluding carboxylic acids is 1. The van der Waals surface area contributed by atoms with Crippen LogP contribution in [0.25, 0.3) is 0 Å². The lowest BCUT2D eigenvalue weighted by Gasteiger charge is -2.15. The largest absolute Gasteiger partial charge is 0.335 e. The normalized spacial score (nSPS) is 20.2. The van der Waals surface area contributed by atoms with Gasteiger partial charge in [-0.15, -0.1) is 0 Å². The summed E-state index contributed by atoms with van der Waals surface area (Å²) in [5.41, 5.74) is 4.25. The van der Waals surface area contributed by atoms with Crippen LogP contribution in [0.5, 0.6) is 0 Å². The van der Waals surface area contributed by atoms with Gasteiger partial charge in [-0.2, -0.15) is 5.10 Å². The summed E-state index contributed by atoms with van der Waals surface area (Å²) in [6, 6.07) is 6.51. The van der Waals surface area contributed by atoms with E-state index in [-0.39, 0.29) is 29.8 Å². The lowest BCUT2D eigenvalue weighted by Crippen LogP contribution is -2.43. The van der Waals surface area contributed by atoms with Crippen molar-refractivity contribution in [2.45, 2.75) is 51.6 Å². The number of aryl methyl sites for hydroxylation is 2. The maximum absolute atomic E-state index is 13.3. The molecule has 25 heavy (non-hydrogen) atoms. The Kier molecular flexibility index (Phi) is 4.79. The van der Waals surface area contributed by atoms with E-state index in [9.17, 15) is 9.18 Å². The van der Waals surface area contributed by atoms with Crippen LogP contribution in [0.3, 0.4) is 0 Å². The Morgan fingerprint density at radius 3 is 2.84 bits per heavy atom. The summed E-state index contributed by atoms with van der Waals surface area (Å²) < 4.78 is 15.2. The number of carbonyl (C=O) groups is 1. The maximum atomic E-state index is 13.3. The molecule has 1 aromatic heterocycles. The SMILES string of the molecule is Cc1nn(C)c(C)c1CC(C)NC(=O)N[C@@H]1C[C@H]1c1cccc(F)c1. The van der Waals surface area contributed by atoms with E-state index in [1.807, 2.05) is 38.6 Å². The van der Waals surface area contributed by atoms with Gasteiger partial charge >= 0.3 is 6.03 Å². The molecular formula is C19H25FN4O. The first-order chi connectivity index (χ1) is 11.8. The second-order valence-corrected chi connectivity index (χ2v) is 7.00. The molecule has 0 saturated heterocycles. The number of nitrogens with zero attached hydrogens (tertiary/aromatic N) is 2. The first-order valence-electron chi connectivity index (χ1n) is 8.66. The second-order valence-electron chi connectivity index (χ2n) is 7.00. The molecule has 1 unspecified atom stereocenters. The summed E-state index contributed by atoms with van der Waals surface area (Å²) in [6.07, 6.45) is 1.60. The van der Waals surface area contributed by atoms with Crippen molar-refractivity contribution in [1.29, 1.82) is 0 Å². The number of aromatic nitrogens is 2. The first-order valence-corrected chi connectivity index (χ1v) is 8.66. The van der Waals surface area contributed by atoms with Crippen LogP contribution in [0.15, 0.2) is 24.3 Å². The number of benzene rings is 1. The second kappa shape index (κ2) is 6.86. The van der Waals surface area contributed by atoms with Gasteiger partial charge in [0.25, 0.3) is 0 Å². The van der Waals surface area contributed by atoms with E-state index < -0.39 is 0 Å². The molecule has 1 heterocycles. The average Bonchev–Trinajstić information content (AvgIpc) is 3.25. The van der Waals surface area contributed by atoms with Crippen LogP contribution in [0, 0.1) is 19.7 Å². The van der Waals surface area contributed by atoms with Gasteiger partial charge in [-0.1, -0.05) is 12.1 Å². The van der Waals surface area contributed by atoms with Gasteiger partial charge in [0, 0.05) is 30.7 Å². The van der Waals surface area contributed by atoms with E-state index in [2.05, 4.69) is 15.7 Å². The van der Waals surface area contributed by atoms with Crippen LogP contribution in [0.1, 0.15) is 41.8 Å². The summed E-state index contributed by atoms with van der Waals surface area (Å²) in [5, 5.41) is 10.4. The third-order valence-electron chi connectivity index (χ3n) is 4.93. The van der Waals surface area contributed by atoms with Crippen LogP contribution in [0.2, 0.25) is 0 Å². The number of nitrogens with one attached hydrogen (secondary N) is 2. The van der Waals surface area contributed by atoms with Crippen LogP contribution in [-0.2, 0) is 13.5 Å². The maximum Gasteiger partial charge on any atom is 0.315 e. The molecule has 134 valence electrons. The fourth-order valence-corrected chi connectivity index (χ4v) is 3.36. The molecule has 0 spiro atoms. The molecule has 5 nitrogen and oxygen atoms in total. The van der Waals surface area contributed by atoms with Gasteiger partial charge in [0.05, 0.1) is 5.69 Å².